The van der Waals surface area contributed by atoms with Gasteiger partial charge < -0.3 is 4.90 Å². The van der Waals surface area contributed by atoms with Crippen LogP contribution < -0.4 is 10.9 Å². The Balaban J connectivity index is 1.51. The summed E-state index contributed by atoms with van der Waals surface area (Å²) in [7, 11) is 0. The molecule has 0 bridgehead atoms. The Kier molecular flexibility index (Phi) is 5.15. The number of amides is 1. The molecule has 2 fully saturated rings. The van der Waals surface area contributed by atoms with Gasteiger partial charge in [-0.15, -0.1) is 0 Å². The number of nitrogens with zero attached hydrogens (tertiary/aromatic N) is 3. The lowest BCUT2D eigenvalue weighted by Crippen LogP contribution is -2.48. The van der Waals surface area contributed by atoms with Crippen LogP contribution in [0.5, 0.6) is 0 Å². The number of aromatic nitrogens is 2. The summed E-state index contributed by atoms with van der Waals surface area (Å²) in [5.41, 5.74) is 8.81. The number of carbonyl (C=O) groups is 1. The van der Waals surface area contributed by atoms with E-state index >= 15 is 0 Å². The minimum atomic E-state index is -0.113. The number of hydrazine groups is 1. The molecule has 2 aromatic rings. The highest BCUT2D eigenvalue weighted by molar-refractivity contribution is 6.30. The molecule has 136 valence electrons. The Morgan fingerprint density at radius 1 is 1.27 bits per heavy atom. The molecule has 1 aromatic carbocycles. The molecule has 1 aromatic heterocycles. The van der Waals surface area contributed by atoms with Crippen LogP contribution in [-0.2, 0) is 4.79 Å². The van der Waals surface area contributed by atoms with Gasteiger partial charge in [0.15, 0.2) is 0 Å². The fourth-order valence-electron chi connectivity index (χ4n) is 3.67. The van der Waals surface area contributed by atoms with Crippen molar-refractivity contribution in [2.24, 2.45) is 0 Å². The van der Waals surface area contributed by atoms with Crippen LogP contribution in [0.2, 0.25) is 5.02 Å². The van der Waals surface area contributed by atoms with E-state index in [2.05, 4.69) is 15.8 Å². The fourth-order valence-corrected chi connectivity index (χ4v) is 3.86. The highest BCUT2D eigenvalue weighted by Crippen LogP contribution is 2.28. The van der Waals surface area contributed by atoms with Crippen LogP contribution in [0, 0.1) is 0 Å². The van der Waals surface area contributed by atoms with Crippen molar-refractivity contribution in [2.75, 3.05) is 19.6 Å². The number of halogens is 1. The topological polar surface area (TPSA) is 70.2 Å². The average Bonchev–Trinajstić information content (AvgIpc) is 3.22. The van der Waals surface area contributed by atoms with E-state index in [0.29, 0.717) is 11.6 Å². The van der Waals surface area contributed by atoms with Crippen LogP contribution in [0.1, 0.15) is 30.9 Å². The molecule has 6 nitrogen and oxygen atoms in total. The van der Waals surface area contributed by atoms with E-state index in [1.54, 1.807) is 6.20 Å². The maximum atomic E-state index is 12.7. The normalized spacial score (nSPS) is 23.2. The van der Waals surface area contributed by atoms with Gasteiger partial charge in [0, 0.05) is 42.3 Å². The third-order valence-electron chi connectivity index (χ3n) is 5.06. The summed E-state index contributed by atoms with van der Waals surface area (Å²) in [5.74, 6) is 0.396. The smallest absolute Gasteiger partial charge is 0.241 e. The predicted molar refractivity (Wildman–Crippen MR) is 101 cm³/mol. The van der Waals surface area contributed by atoms with Gasteiger partial charge in [0.2, 0.25) is 5.91 Å². The molecule has 26 heavy (non-hydrogen) atoms. The summed E-state index contributed by atoms with van der Waals surface area (Å²) < 4.78 is 0. The largest absolute Gasteiger partial charge is 0.341 e. The zero-order chi connectivity index (χ0) is 17.9. The summed E-state index contributed by atoms with van der Waals surface area (Å²) >= 11 is 6.10. The predicted octanol–water partition coefficient (Wildman–Crippen LogP) is 2.37. The molecule has 2 unspecified atom stereocenters. The Labute approximate surface area is 157 Å². The Morgan fingerprint density at radius 2 is 2.19 bits per heavy atom. The lowest BCUT2D eigenvalue weighted by Gasteiger charge is -2.34. The highest BCUT2D eigenvalue weighted by Gasteiger charge is 2.31. The first-order chi connectivity index (χ1) is 12.7. The summed E-state index contributed by atoms with van der Waals surface area (Å²) in [6.45, 7) is 2.35. The van der Waals surface area contributed by atoms with Crippen molar-refractivity contribution in [3.8, 4) is 11.3 Å². The van der Waals surface area contributed by atoms with E-state index < -0.39 is 0 Å². The molecule has 2 aliphatic rings. The molecule has 1 amide bonds. The van der Waals surface area contributed by atoms with Gasteiger partial charge in [0.05, 0.1) is 17.6 Å². The third kappa shape index (κ3) is 3.72. The van der Waals surface area contributed by atoms with Gasteiger partial charge >= 0.3 is 0 Å². The second-order valence-electron chi connectivity index (χ2n) is 6.88. The fraction of sp³-hybridized carbons (Fsp3) is 0.421. The van der Waals surface area contributed by atoms with Crippen molar-refractivity contribution in [1.82, 2.24) is 25.7 Å². The quantitative estimate of drug-likeness (QED) is 0.866. The molecule has 2 saturated heterocycles. The van der Waals surface area contributed by atoms with Crippen molar-refractivity contribution in [2.45, 2.75) is 31.2 Å². The number of piperidine rings is 1. The number of benzene rings is 1. The van der Waals surface area contributed by atoms with E-state index in [9.17, 15) is 4.79 Å². The molecular formula is C19H22ClN5O. The molecule has 2 N–H and O–H groups in total. The molecule has 0 radical (unpaired) electrons. The zero-order valence-electron chi connectivity index (χ0n) is 14.5. The van der Waals surface area contributed by atoms with Crippen LogP contribution >= 0.6 is 11.6 Å². The maximum Gasteiger partial charge on any atom is 0.241 e. The molecule has 2 atom stereocenters. The zero-order valence-corrected chi connectivity index (χ0v) is 15.2. The van der Waals surface area contributed by atoms with Crippen molar-refractivity contribution in [1.29, 1.82) is 0 Å². The second-order valence-corrected chi connectivity index (χ2v) is 7.31. The molecular weight excluding hydrogens is 350 g/mol. The molecule has 0 aliphatic carbocycles. The van der Waals surface area contributed by atoms with Gasteiger partial charge in [-0.05, 0) is 31.4 Å². The van der Waals surface area contributed by atoms with Gasteiger partial charge in [-0.25, -0.2) is 10.4 Å². The monoisotopic (exact) mass is 371 g/mol. The SMILES string of the molecule is O=C(C1CCNN1)N1CCCC(c2cncc(-c3cccc(Cl)c3)n2)C1. The Hall–Kier alpha value is -2.02. The molecule has 2 aliphatic heterocycles. The summed E-state index contributed by atoms with van der Waals surface area (Å²) in [6, 6.07) is 7.52. The number of carbonyl (C=O) groups excluding carboxylic acids is 1. The summed E-state index contributed by atoms with van der Waals surface area (Å²) in [4.78, 5) is 23.8. The maximum absolute atomic E-state index is 12.7. The van der Waals surface area contributed by atoms with Crippen LogP contribution in [0.15, 0.2) is 36.7 Å². The van der Waals surface area contributed by atoms with E-state index in [0.717, 1.165) is 49.3 Å². The van der Waals surface area contributed by atoms with Crippen LogP contribution in [0.25, 0.3) is 11.3 Å². The number of likely N-dealkylation sites (tertiary alicyclic amines) is 1. The summed E-state index contributed by atoms with van der Waals surface area (Å²) in [6.07, 6.45) is 6.43. The van der Waals surface area contributed by atoms with E-state index in [4.69, 9.17) is 16.6 Å². The number of rotatable bonds is 3. The van der Waals surface area contributed by atoms with E-state index in [1.165, 1.54) is 0 Å². The Bertz CT molecular complexity index is 793. The lowest BCUT2D eigenvalue weighted by molar-refractivity contribution is -0.134. The van der Waals surface area contributed by atoms with E-state index in [-0.39, 0.29) is 17.9 Å². The number of hydrogen-bond acceptors (Lipinski definition) is 5. The molecule has 3 heterocycles. The van der Waals surface area contributed by atoms with E-state index in [1.807, 2.05) is 35.4 Å². The van der Waals surface area contributed by atoms with Crippen molar-refractivity contribution in [3.05, 3.63) is 47.4 Å². The first-order valence-electron chi connectivity index (χ1n) is 9.06. The lowest BCUT2D eigenvalue weighted by atomic mass is 9.94. The van der Waals surface area contributed by atoms with Gasteiger partial charge in [-0.3, -0.25) is 15.2 Å². The minimum Gasteiger partial charge on any atom is -0.341 e. The molecule has 0 spiro atoms. The highest BCUT2D eigenvalue weighted by atomic mass is 35.5. The van der Waals surface area contributed by atoms with Crippen molar-refractivity contribution in [3.63, 3.8) is 0 Å². The second kappa shape index (κ2) is 7.70. The molecule has 7 heteroatoms. The van der Waals surface area contributed by atoms with Crippen LogP contribution in [0.4, 0.5) is 0 Å². The summed E-state index contributed by atoms with van der Waals surface area (Å²) in [5, 5.41) is 0.682. The first-order valence-corrected chi connectivity index (χ1v) is 9.43. The molecule has 4 rings (SSSR count). The van der Waals surface area contributed by atoms with Gasteiger partial charge in [0.25, 0.3) is 0 Å². The van der Waals surface area contributed by atoms with Gasteiger partial charge in [0.1, 0.15) is 6.04 Å². The molecule has 0 saturated carbocycles. The first kappa shape index (κ1) is 17.4. The Morgan fingerprint density at radius 3 is 3.00 bits per heavy atom. The van der Waals surface area contributed by atoms with Crippen molar-refractivity contribution < 1.29 is 4.79 Å². The third-order valence-corrected chi connectivity index (χ3v) is 5.29. The average molecular weight is 372 g/mol. The van der Waals surface area contributed by atoms with Gasteiger partial charge in [-0.2, -0.15) is 0 Å². The number of hydrogen-bond donors (Lipinski definition) is 2. The number of nitrogens with one attached hydrogen (secondary N) is 2. The standard InChI is InChI=1S/C19H22ClN5O/c20-15-5-1-3-13(9-15)17-10-21-11-18(23-17)14-4-2-8-25(12-14)19(26)16-6-7-22-24-16/h1,3,5,9-11,14,16,22,24H,2,4,6-8,12H2. The minimum absolute atomic E-state index is 0.113. The van der Waals surface area contributed by atoms with Crippen LogP contribution in [-0.4, -0.2) is 46.5 Å². The van der Waals surface area contributed by atoms with Crippen LogP contribution in [0.3, 0.4) is 0 Å². The van der Waals surface area contributed by atoms with Crippen molar-refractivity contribution >= 4 is 17.5 Å². The van der Waals surface area contributed by atoms with Gasteiger partial charge in [-0.1, -0.05) is 23.7 Å².